The predicted molar refractivity (Wildman–Crippen MR) is 117 cm³/mol. The van der Waals surface area contributed by atoms with E-state index < -0.39 is 26.9 Å². The molecule has 1 aromatic rings. The van der Waals surface area contributed by atoms with E-state index in [1.54, 1.807) is 6.92 Å². The number of amides is 1. The standard InChI is InChI=1S/C19H29N3O5S2/c1-3-18(19(23)20-12-13-28-17-10-5-4-6-11-17)21(29(2,26)27)15-8-7-9-16(14-15)22(24)25/h7-9,14,17-18H,3-6,10-13H2,1-2H3,(H,20,23). The molecule has 162 valence electrons. The van der Waals surface area contributed by atoms with E-state index in [9.17, 15) is 23.3 Å². The number of non-ortho nitro benzene ring substituents is 1. The summed E-state index contributed by atoms with van der Waals surface area (Å²) in [6, 6.07) is 4.37. The van der Waals surface area contributed by atoms with Gasteiger partial charge in [-0.05, 0) is 25.3 Å². The largest absolute Gasteiger partial charge is 0.353 e. The number of sulfonamides is 1. The highest BCUT2D eigenvalue weighted by atomic mass is 32.2. The third kappa shape index (κ3) is 6.88. The highest BCUT2D eigenvalue weighted by molar-refractivity contribution is 7.99. The summed E-state index contributed by atoms with van der Waals surface area (Å²) < 4.78 is 25.8. The van der Waals surface area contributed by atoms with Crippen molar-refractivity contribution in [2.24, 2.45) is 0 Å². The molecule has 0 aliphatic heterocycles. The number of carbonyl (C=O) groups is 1. The Morgan fingerprint density at radius 2 is 2.03 bits per heavy atom. The SMILES string of the molecule is CCC(C(=O)NCCSC1CCCCC1)N(c1cccc([N+](=O)[O-])c1)S(C)(=O)=O. The van der Waals surface area contributed by atoms with Crippen LogP contribution in [0.2, 0.25) is 0 Å². The second kappa shape index (κ2) is 10.8. The van der Waals surface area contributed by atoms with Gasteiger partial charge in [0.25, 0.3) is 5.69 Å². The van der Waals surface area contributed by atoms with Crippen molar-refractivity contribution in [2.75, 3.05) is 22.9 Å². The topological polar surface area (TPSA) is 110 Å². The molecule has 0 bridgehead atoms. The Kier molecular flexibility index (Phi) is 8.76. The molecule has 0 spiro atoms. The molecule has 0 radical (unpaired) electrons. The van der Waals surface area contributed by atoms with Gasteiger partial charge in [0, 0.05) is 29.7 Å². The molecule has 1 atom stereocenters. The maximum atomic E-state index is 12.7. The highest BCUT2D eigenvalue weighted by Gasteiger charge is 2.32. The third-order valence-corrected chi connectivity index (χ3v) is 7.49. The van der Waals surface area contributed by atoms with E-state index in [4.69, 9.17) is 0 Å². The van der Waals surface area contributed by atoms with Gasteiger partial charge < -0.3 is 5.32 Å². The molecule has 1 saturated carbocycles. The van der Waals surface area contributed by atoms with Crippen LogP contribution in [0.25, 0.3) is 0 Å². The predicted octanol–water partition coefficient (Wildman–Crippen LogP) is 3.32. The van der Waals surface area contributed by atoms with Crippen molar-refractivity contribution in [2.45, 2.75) is 56.7 Å². The second-order valence-corrected chi connectivity index (χ2v) is 10.4. The van der Waals surface area contributed by atoms with E-state index in [0.717, 1.165) is 16.3 Å². The van der Waals surface area contributed by atoms with Crippen LogP contribution in [0.3, 0.4) is 0 Å². The lowest BCUT2D eigenvalue weighted by Crippen LogP contribution is -2.49. The minimum Gasteiger partial charge on any atom is -0.353 e. The first-order chi connectivity index (χ1) is 13.7. The van der Waals surface area contributed by atoms with Gasteiger partial charge in [0.15, 0.2) is 0 Å². The van der Waals surface area contributed by atoms with Gasteiger partial charge in [-0.1, -0.05) is 32.3 Å². The average Bonchev–Trinajstić information content (AvgIpc) is 2.69. The maximum absolute atomic E-state index is 12.7. The number of hydrogen-bond donors (Lipinski definition) is 1. The lowest BCUT2D eigenvalue weighted by Gasteiger charge is -2.30. The van der Waals surface area contributed by atoms with Gasteiger partial charge in [-0.3, -0.25) is 19.2 Å². The molecule has 1 fully saturated rings. The molecule has 0 saturated heterocycles. The first-order valence-corrected chi connectivity index (χ1v) is 12.8. The summed E-state index contributed by atoms with van der Waals surface area (Å²) in [6.07, 6.45) is 7.49. The Labute approximate surface area is 176 Å². The zero-order chi connectivity index (χ0) is 21.4. The zero-order valence-corrected chi connectivity index (χ0v) is 18.5. The number of rotatable bonds is 10. The fraction of sp³-hybridized carbons (Fsp3) is 0.632. The fourth-order valence-corrected chi connectivity index (χ4v) is 5.98. The minimum atomic E-state index is -3.82. The number of anilines is 1. The number of nitrogens with zero attached hydrogens (tertiary/aromatic N) is 2. The van der Waals surface area contributed by atoms with Crippen LogP contribution in [0.4, 0.5) is 11.4 Å². The lowest BCUT2D eigenvalue weighted by atomic mass is 10.0. The Morgan fingerprint density at radius 1 is 1.34 bits per heavy atom. The molecule has 1 aromatic carbocycles. The Morgan fingerprint density at radius 3 is 2.62 bits per heavy atom. The van der Waals surface area contributed by atoms with Crippen molar-refractivity contribution < 1.29 is 18.1 Å². The van der Waals surface area contributed by atoms with Gasteiger partial charge in [-0.15, -0.1) is 0 Å². The van der Waals surface area contributed by atoms with E-state index in [0.29, 0.717) is 11.8 Å². The van der Waals surface area contributed by atoms with Crippen LogP contribution < -0.4 is 9.62 Å². The Balaban J connectivity index is 2.06. The smallest absolute Gasteiger partial charge is 0.271 e. The van der Waals surface area contributed by atoms with Gasteiger partial charge in [0.2, 0.25) is 15.9 Å². The van der Waals surface area contributed by atoms with E-state index in [2.05, 4.69) is 5.32 Å². The summed E-state index contributed by atoms with van der Waals surface area (Å²) >= 11 is 1.85. The molecule has 0 heterocycles. The van der Waals surface area contributed by atoms with Crippen LogP contribution in [0.1, 0.15) is 45.4 Å². The molecule has 1 aliphatic carbocycles. The number of hydrogen-bond acceptors (Lipinski definition) is 6. The quantitative estimate of drug-likeness (QED) is 0.337. The van der Waals surface area contributed by atoms with E-state index >= 15 is 0 Å². The first kappa shape index (κ1) is 23.5. The van der Waals surface area contributed by atoms with Gasteiger partial charge in [-0.2, -0.15) is 11.8 Å². The van der Waals surface area contributed by atoms with Crippen molar-refractivity contribution >= 4 is 39.1 Å². The van der Waals surface area contributed by atoms with E-state index in [1.165, 1.54) is 56.4 Å². The lowest BCUT2D eigenvalue weighted by molar-refractivity contribution is -0.384. The van der Waals surface area contributed by atoms with Crippen LogP contribution in [-0.4, -0.2) is 49.1 Å². The van der Waals surface area contributed by atoms with Crippen LogP contribution in [0.15, 0.2) is 24.3 Å². The van der Waals surface area contributed by atoms with Crippen LogP contribution in [0.5, 0.6) is 0 Å². The molecular weight excluding hydrogens is 414 g/mol. The van der Waals surface area contributed by atoms with Gasteiger partial charge in [0.1, 0.15) is 6.04 Å². The van der Waals surface area contributed by atoms with Crippen LogP contribution in [-0.2, 0) is 14.8 Å². The number of thioether (sulfide) groups is 1. The zero-order valence-electron chi connectivity index (χ0n) is 16.9. The molecule has 10 heteroatoms. The number of nitro groups is 1. The molecule has 8 nitrogen and oxygen atoms in total. The van der Waals surface area contributed by atoms with E-state index in [1.807, 2.05) is 11.8 Å². The molecular formula is C19H29N3O5S2. The van der Waals surface area contributed by atoms with E-state index in [-0.39, 0.29) is 17.8 Å². The van der Waals surface area contributed by atoms with Crippen molar-refractivity contribution in [1.82, 2.24) is 5.32 Å². The summed E-state index contributed by atoms with van der Waals surface area (Å²) in [5, 5.41) is 14.5. The van der Waals surface area contributed by atoms with Crippen LogP contribution in [0, 0.1) is 10.1 Å². The summed E-state index contributed by atoms with van der Waals surface area (Å²) in [7, 11) is -3.82. The maximum Gasteiger partial charge on any atom is 0.271 e. The Hall–Kier alpha value is -1.81. The molecule has 2 rings (SSSR count). The molecule has 29 heavy (non-hydrogen) atoms. The molecule has 1 aliphatic rings. The van der Waals surface area contributed by atoms with Gasteiger partial charge in [-0.25, -0.2) is 8.42 Å². The number of nitro benzene ring substituents is 1. The molecule has 1 N–H and O–H groups in total. The normalized spacial score (nSPS) is 16.2. The van der Waals surface area contributed by atoms with Gasteiger partial charge >= 0.3 is 0 Å². The van der Waals surface area contributed by atoms with Crippen LogP contribution >= 0.6 is 11.8 Å². The molecule has 0 aromatic heterocycles. The van der Waals surface area contributed by atoms with Crippen molar-refractivity contribution in [1.29, 1.82) is 0 Å². The number of nitrogens with one attached hydrogen (secondary N) is 1. The third-order valence-electron chi connectivity index (χ3n) is 4.93. The monoisotopic (exact) mass is 443 g/mol. The summed E-state index contributed by atoms with van der Waals surface area (Å²) in [6.45, 7) is 2.18. The van der Waals surface area contributed by atoms with Crippen molar-refractivity contribution in [3.63, 3.8) is 0 Å². The first-order valence-electron chi connectivity index (χ1n) is 9.87. The van der Waals surface area contributed by atoms with Gasteiger partial charge in [0.05, 0.1) is 16.9 Å². The minimum absolute atomic E-state index is 0.111. The van der Waals surface area contributed by atoms with Crippen molar-refractivity contribution in [3.05, 3.63) is 34.4 Å². The summed E-state index contributed by atoms with van der Waals surface area (Å²) in [5.41, 5.74) is -0.115. The number of benzene rings is 1. The summed E-state index contributed by atoms with van der Waals surface area (Å²) in [4.78, 5) is 23.2. The molecule has 1 amide bonds. The average molecular weight is 444 g/mol. The molecule has 1 unspecified atom stereocenters. The fourth-order valence-electron chi connectivity index (χ4n) is 3.55. The highest BCUT2D eigenvalue weighted by Crippen LogP contribution is 2.28. The summed E-state index contributed by atoms with van der Waals surface area (Å²) in [5.74, 6) is 0.386. The Bertz CT molecular complexity index is 810. The van der Waals surface area contributed by atoms with Crippen molar-refractivity contribution in [3.8, 4) is 0 Å². The second-order valence-electron chi connectivity index (χ2n) is 7.18. The number of carbonyl (C=O) groups excluding carboxylic acids is 1.